The number of ether oxygens (including phenoxy) is 3. The maximum absolute atomic E-state index is 6.07. The fourth-order valence-electron chi connectivity index (χ4n) is 4.36. The van der Waals surface area contributed by atoms with Crippen molar-refractivity contribution in [2.24, 2.45) is 0 Å². The van der Waals surface area contributed by atoms with Crippen LogP contribution in [-0.4, -0.2) is 49.5 Å². The lowest BCUT2D eigenvalue weighted by molar-refractivity contribution is 0.196. The topological polar surface area (TPSA) is 59.6 Å². The number of nitrogens with one attached hydrogen (secondary N) is 1. The molecule has 0 bridgehead atoms. The number of H-pyrrole nitrogens is 1. The van der Waals surface area contributed by atoms with E-state index >= 15 is 0 Å². The van der Waals surface area contributed by atoms with Gasteiger partial charge in [-0.05, 0) is 43.1 Å². The summed E-state index contributed by atoms with van der Waals surface area (Å²) in [5, 5.41) is 8.34. The minimum atomic E-state index is 0.382. The van der Waals surface area contributed by atoms with Crippen LogP contribution in [0.25, 0.3) is 11.1 Å². The van der Waals surface area contributed by atoms with Crippen LogP contribution >= 0.6 is 11.6 Å². The second-order valence-corrected chi connectivity index (χ2v) is 8.23. The fourth-order valence-corrected chi connectivity index (χ4v) is 4.48. The van der Waals surface area contributed by atoms with Crippen LogP contribution in [-0.2, 0) is 6.54 Å². The molecule has 164 valence electrons. The average molecular weight is 442 g/mol. The van der Waals surface area contributed by atoms with Crippen LogP contribution in [0, 0.1) is 0 Å². The Kier molecular flexibility index (Phi) is 6.68. The zero-order valence-electron chi connectivity index (χ0n) is 18.2. The maximum Gasteiger partial charge on any atom is 0.164 e. The molecule has 1 atom stereocenters. The van der Waals surface area contributed by atoms with Gasteiger partial charge in [0.25, 0.3) is 0 Å². The van der Waals surface area contributed by atoms with E-state index in [1.807, 2.05) is 42.6 Å². The number of rotatable bonds is 7. The zero-order chi connectivity index (χ0) is 21.8. The van der Waals surface area contributed by atoms with E-state index in [0.29, 0.717) is 17.4 Å². The lowest BCUT2D eigenvalue weighted by atomic mass is 9.90. The van der Waals surface area contributed by atoms with Gasteiger partial charge in [0.2, 0.25) is 0 Å². The molecule has 1 aromatic heterocycles. The van der Waals surface area contributed by atoms with Gasteiger partial charge in [-0.15, -0.1) is 0 Å². The summed E-state index contributed by atoms with van der Waals surface area (Å²) < 4.78 is 16.5. The number of benzene rings is 2. The summed E-state index contributed by atoms with van der Waals surface area (Å²) in [6.07, 6.45) is 4.16. The molecule has 0 radical (unpaired) electrons. The SMILES string of the molecule is COc1cc(OC)c(OC)cc1CN1CCC[C@@H](c2[nH]ncc2-c2ccc(Cl)cc2)C1. The Morgan fingerprint density at radius 3 is 2.45 bits per heavy atom. The number of likely N-dealkylation sites (tertiary alicyclic amines) is 1. The molecule has 2 heterocycles. The molecule has 3 aromatic rings. The van der Waals surface area contributed by atoms with Gasteiger partial charge in [-0.1, -0.05) is 23.7 Å². The highest BCUT2D eigenvalue weighted by molar-refractivity contribution is 6.30. The quantitative estimate of drug-likeness (QED) is 0.550. The Bertz CT molecular complexity index is 1020. The standard InChI is InChI=1S/C24H28ClN3O3/c1-29-21-12-23(31-3)22(30-2)11-18(21)15-28-10-4-5-17(14-28)24-20(13-26-27-24)16-6-8-19(25)9-7-16/h6-9,11-13,17H,4-5,10,14-15H2,1-3H3,(H,26,27)/t17-/m1/s1. The number of methoxy groups -OCH3 is 3. The Hall–Kier alpha value is -2.70. The van der Waals surface area contributed by atoms with Crippen molar-refractivity contribution in [1.82, 2.24) is 15.1 Å². The number of aromatic nitrogens is 2. The van der Waals surface area contributed by atoms with E-state index in [9.17, 15) is 0 Å². The first-order chi connectivity index (χ1) is 15.1. The molecule has 1 saturated heterocycles. The molecule has 1 fully saturated rings. The van der Waals surface area contributed by atoms with Crippen LogP contribution in [0.2, 0.25) is 5.02 Å². The van der Waals surface area contributed by atoms with E-state index in [4.69, 9.17) is 25.8 Å². The highest BCUT2D eigenvalue weighted by Crippen LogP contribution is 2.37. The van der Waals surface area contributed by atoms with Gasteiger partial charge in [0.15, 0.2) is 11.5 Å². The van der Waals surface area contributed by atoms with Crippen molar-refractivity contribution in [2.75, 3.05) is 34.4 Å². The second-order valence-electron chi connectivity index (χ2n) is 7.80. The molecule has 0 aliphatic carbocycles. The van der Waals surface area contributed by atoms with E-state index in [1.165, 1.54) is 5.69 Å². The summed E-state index contributed by atoms with van der Waals surface area (Å²) in [7, 11) is 4.98. The molecule has 6 nitrogen and oxygen atoms in total. The van der Waals surface area contributed by atoms with Gasteiger partial charge in [-0.3, -0.25) is 10.00 Å². The molecule has 1 aliphatic heterocycles. The summed E-state index contributed by atoms with van der Waals surface area (Å²) >= 11 is 6.07. The lowest BCUT2D eigenvalue weighted by Crippen LogP contribution is -2.34. The number of hydrogen-bond acceptors (Lipinski definition) is 5. The molecular formula is C24H28ClN3O3. The maximum atomic E-state index is 6.07. The minimum Gasteiger partial charge on any atom is -0.496 e. The molecule has 2 aromatic carbocycles. The third-order valence-corrected chi connectivity index (χ3v) is 6.17. The Morgan fingerprint density at radius 1 is 1.03 bits per heavy atom. The van der Waals surface area contributed by atoms with Crippen LogP contribution in [0.15, 0.2) is 42.6 Å². The number of aromatic amines is 1. The summed E-state index contributed by atoms with van der Waals surface area (Å²) in [5.74, 6) is 2.58. The molecule has 4 rings (SSSR count). The van der Waals surface area contributed by atoms with Crippen molar-refractivity contribution in [2.45, 2.75) is 25.3 Å². The molecule has 0 saturated carbocycles. The third kappa shape index (κ3) is 4.65. The molecule has 0 amide bonds. The first kappa shape index (κ1) is 21.5. The van der Waals surface area contributed by atoms with Crippen molar-refractivity contribution in [3.8, 4) is 28.4 Å². The molecular weight excluding hydrogens is 414 g/mol. The van der Waals surface area contributed by atoms with Crippen LogP contribution in [0.5, 0.6) is 17.2 Å². The number of hydrogen-bond donors (Lipinski definition) is 1. The van der Waals surface area contributed by atoms with Gasteiger partial charge in [0, 0.05) is 46.9 Å². The van der Waals surface area contributed by atoms with Crippen LogP contribution < -0.4 is 14.2 Å². The van der Waals surface area contributed by atoms with Crippen molar-refractivity contribution in [3.63, 3.8) is 0 Å². The Labute approximate surface area is 188 Å². The highest BCUT2D eigenvalue weighted by atomic mass is 35.5. The largest absolute Gasteiger partial charge is 0.496 e. The van der Waals surface area contributed by atoms with Crippen molar-refractivity contribution in [3.05, 3.63) is 58.9 Å². The zero-order valence-corrected chi connectivity index (χ0v) is 18.9. The molecule has 0 spiro atoms. The predicted molar refractivity (Wildman–Crippen MR) is 122 cm³/mol. The Balaban J connectivity index is 1.54. The summed E-state index contributed by atoms with van der Waals surface area (Å²) in [5.41, 5.74) is 4.55. The highest BCUT2D eigenvalue weighted by Gasteiger charge is 2.26. The number of halogens is 1. The van der Waals surface area contributed by atoms with E-state index in [2.05, 4.69) is 15.1 Å². The van der Waals surface area contributed by atoms with Gasteiger partial charge in [0.05, 0.1) is 27.5 Å². The molecule has 1 aliphatic rings. The van der Waals surface area contributed by atoms with Crippen LogP contribution in [0.3, 0.4) is 0 Å². The van der Waals surface area contributed by atoms with Crippen molar-refractivity contribution in [1.29, 1.82) is 0 Å². The second kappa shape index (κ2) is 9.62. The monoisotopic (exact) mass is 441 g/mol. The van der Waals surface area contributed by atoms with Gasteiger partial charge in [-0.2, -0.15) is 5.10 Å². The van der Waals surface area contributed by atoms with E-state index < -0.39 is 0 Å². The molecule has 31 heavy (non-hydrogen) atoms. The first-order valence-corrected chi connectivity index (χ1v) is 10.8. The number of nitrogens with zero attached hydrogens (tertiary/aromatic N) is 2. The third-order valence-electron chi connectivity index (χ3n) is 5.92. The summed E-state index contributed by atoms with van der Waals surface area (Å²) in [4.78, 5) is 2.46. The minimum absolute atomic E-state index is 0.382. The molecule has 1 N–H and O–H groups in total. The number of piperidine rings is 1. The smallest absolute Gasteiger partial charge is 0.164 e. The first-order valence-electron chi connectivity index (χ1n) is 10.4. The van der Waals surface area contributed by atoms with Gasteiger partial charge in [-0.25, -0.2) is 0 Å². The molecule has 0 unspecified atom stereocenters. The van der Waals surface area contributed by atoms with Crippen LogP contribution in [0.4, 0.5) is 0 Å². The lowest BCUT2D eigenvalue weighted by Gasteiger charge is -2.33. The van der Waals surface area contributed by atoms with Gasteiger partial charge < -0.3 is 14.2 Å². The predicted octanol–water partition coefficient (Wildman–Crippen LogP) is 5.14. The fraction of sp³-hybridized carbons (Fsp3) is 0.375. The van der Waals surface area contributed by atoms with Gasteiger partial charge in [0.1, 0.15) is 5.75 Å². The van der Waals surface area contributed by atoms with Crippen molar-refractivity contribution < 1.29 is 14.2 Å². The van der Waals surface area contributed by atoms with E-state index in [1.54, 1.807) is 21.3 Å². The van der Waals surface area contributed by atoms with E-state index in [0.717, 1.165) is 59.9 Å². The average Bonchev–Trinajstić information content (AvgIpc) is 3.29. The van der Waals surface area contributed by atoms with Crippen molar-refractivity contribution >= 4 is 11.6 Å². The van der Waals surface area contributed by atoms with Crippen LogP contribution in [0.1, 0.15) is 30.0 Å². The van der Waals surface area contributed by atoms with E-state index in [-0.39, 0.29) is 0 Å². The normalized spacial score (nSPS) is 16.8. The summed E-state index contributed by atoms with van der Waals surface area (Å²) in [6, 6.07) is 11.8. The van der Waals surface area contributed by atoms with Gasteiger partial charge >= 0.3 is 0 Å². The Morgan fingerprint density at radius 2 is 1.74 bits per heavy atom. The molecule has 7 heteroatoms. The summed E-state index contributed by atoms with van der Waals surface area (Å²) in [6.45, 7) is 2.77.